The van der Waals surface area contributed by atoms with Crippen LogP contribution < -0.4 is 5.73 Å². The lowest BCUT2D eigenvalue weighted by Gasteiger charge is -2.08. The largest absolute Gasteiger partial charge is 0.342 e. The van der Waals surface area contributed by atoms with Crippen LogP contribution in [0, 0.1) is 5.82 Å². The Labute approximate surface area is 125 Å². The zero-order valence-corrected chi connectivity index (χ0v) is 12.4. The number of benzene rings is 2. The standard InChI is InChI=1S/C16H14BrFN2/c17-14-10-20(16-4-2-1-3-13(14)16)9-12-7-11(8-19)5-6-15(12)18/h1-7,10H,8-9,19H2. The molecule has 0 saturated heterocycles. The second-order valence-electron chi connectivity index (χ2n) is 4.75. The van der Waals surface area contributed by atoms with Crippen LogP contribution in [0.4, 0.5) is 4.39 Å². The van der Waals surface area contributed by atoms with Gasteiger partial charge in [-0.25, -0.2) is 4.39 Å². The van der Waals surface area contributed by atoms with E-state index in [0.717, 1.165) is 20.9 Å². The lowest BCUT2D eigenvalue weighted by Crippen LogP contribution is -2.03. The summed E-state index contributed by atoms with van der Waals surface area (Å²) in [7, 11) is 0. The number of hydrogen-bond donors (Lipinski definition) is 1. The van der Waals surface area contributed by atoms with Crippen molar-refractivity contribution in [2.24, 2.45) is 5.73 Å². The van der Waals surface area contributed by atoms with Crippen LogP contribution in [0.3, 0.4) is 0 Å². The summed E-state index contributed by atoms with van der Waals surface area (Å²) in [4.78, 5) is 0. The summed E-state index contributed by atoms with van der Waals surface area (Å²) < 4.78 is 17.0. The molecule has 3 rings (SSSR count). The Morgan fingerprint density at radius 3 is 2.75 bits per heavy atom. The highest BCUT2D eigenvalue weighted by molar-refractivity contribution is 9.10. The Morgan fingerprint density at radius 1 is 1.15 bits per heavy atom. The van der Waals surface area contributed by atoms with E-state index in [1.807, 2.05) is 41.1 Å². The predicted octanol–water partition coefficient (Wildman–Crippen LogP) is 4.05. The molecular formula is C16H14BrFN2. The number of para-hydroxylation sites is 1. The summed E-state index contributed by atoms with van der Waals surface area (Å²) in [6.07, 6.45) is 1.99. The van der Waals surface area contributed by atoms with Crippen LogP contribution in [-0.2, 0) is 13.1 Å². The van der Waals surface area contributed by atoms with E-state index in [-0.39, 0.29) is 5.82 Å². The Morgan fingerprint density at radius 2 is 1.95 bits per heavy atom. The number of nitrogens with zero attached hydrogens (tertiary/aromatic N) is 1. The van der Waals surface area contributed by atoms with Gasteiger partial charge in [0.15, 0.2) is 0 Å². The molecule has 0 saturated carbocycles. The zero-order chi connectivity index (χ0) is 14.1. The van der Waals surface area contributed by atoms with Crippen LogP contribution >= 0.6 is 15.9 Å². The van der Waals surface area contributed by atoms with Crippen LogP contribution in [0.25, 0.3) is 10.9 Å². The minimum Gasteiger partial charge on any atom is -0.342 e. The highest BCUT2D eigenvalue weighted by Crippen LogP contribution is 2.27. The van der Waals surface area contributed by atoms with Gasteiger partial charge < -0.3 is 10.3 Å². The van der Waals surface area contributed by atoms with Crippen molar-refractivity contribution < 1.29 is 4.39 Å². The maximum Gasteiger partial charge on any atom is 0.128 e. The molecule has 4 heteroatoms. The van der Waals surface area contributed by atoms with Crippen LogP contribution in [0.15, 0.2) is 53.1 Å². The van der Waals surface area contributed by atoms with Crippen LogP contribution in [0.5, 0.6) is 0 Å². The minimum atomic E-state index is -0.198. The Balaban J connectivity index is 2.05. The van der Waals surface area contributed by atoms with E-state index in [9.17, 15) is 4.39 Å². The molecule has 1 aromatic heterocycles. The Kier molecular flexibility index (Phi) is 3.59. The number of hydrogen-bond acceptors (Lipinski definition) is 1. The van der Waals surface area contributed by atoms with Gasteiger partial charge in [0.1, 0.15) is 5.82 Å². The first kappa shape index (κ1) is 13.3. The number of nitrogens with two attached hydrogens (primary N) is 1. The van der Waals surface area contributed by atoms with E-state index in [0.29, 0.717) is 18.7 Å². The summed E-state index contributed by atoms with van der Waals surface area (Å²) in [6, 6.07) is 13.1. The second kappa shape index (κ2) is 5.38. The molecule has 20 heavy (non-hydrogen) atoms. The summed E-state index contributed by atoms with van der Waals surface area (Å²) in [5, 5.41) is 1.13. The van der Waals surface area contributed by atoms with E-state index in [2.05, 4.69) is 15.9 Å². The number of fused-ring (bicyclic) bond motifs is 1. The fourth-order valence-corrected chi connectivity index (χ4v) is 2.97. The summed E-state index contributed by atoms with van der Waals surface area (Å²) in [5.74, 6) is -0.198. The molecule has 2 aromatic carbocycles. The minimum absolute atomic E-state index is 0.198. The van der Waals surface area contributed by atoms with Crippen LogP contribution in [0.1, 0.15) is 11.1 Å². The molecule has 0 fully saturated rings. The van der Waals surface area contributed by atoms with Crippen molar-refractivity contribution in [1.82, 2.24) is 4.57 Å². The SMILES string of the molecule is NCc1ccc(F)c(Cn2cc(Br)c3ccccc32)c1. The van der Waals surface area contributed by atoms with Crippen molar-refractivity contribution in [2.45, 2.75) is 13.1 Å². The predicted molar refractivity (Wildman–Crippen MR) is 83.0 cm³/mol. The molecule has 0 spiro atoms. The van der Waals surface area contributed by atoms with E-state index < -0.39 is 0 Å². The summed E-state index contributed by atoms with van der Waals surface area (Å²) in [5.41, 5.74) is 8.30. The number of rotatable bonds is 3. The first-order chi connectivity index (χ1) is 9.69. The Hall–Kier alpha value is -1.65. The average Bonchev–Trinajstić information content (AvgIpc) is 2.78. The average molecular weight is 333 g/mol. The van der Waals surface area contributed by atoms with Gasteiger partial charge in [0.05, 0.1) is 6.54 Å². The van der Waals surface area contributed by atoms with Gasteiger partial charge in [-0.1, -0.05) is 24.3 Å². The van der Waals surface area contributed by atoms with Crippen molar-refractivity contribution in [3.63, 3.8) is 0 Å². The van der Waals surface area contributed by atoms with Crippen molar-refractivity contribution in [1.29, 1.82) is 0 Å². The van der Waals surface area contributed by atoms with Gasteiger partial charge in [-0.2, -0.15) is 0 Å². The normalized spacial score (nSPS) is 11.2. The van der Waals surface area contributed by atoms with Gasteiger partial charge in [0.25, 0.3) is 0 Å². The molecule has 0 radical (unpaired) electrons. The van der Waals surface area contributed by atoms with Crippen molar-refractivity contribution in [3.8, 4) is 0 Å². The van der Waals surface area contributed by atoms with E-state index in [1.54, 1.807) is 6.07 Å². The number of halogens is 2. The maximum absolute atomic E-state index is 13.9. The first-order valence-electron chi connectivity index (χ1n) is 6.40. The smallest absolute Gasteiger partial charge is 0.128 e. The summed E-state index contributed by atoms with van der Waals surface area (Å²) >= 11 is 3.54. The van der Waals surface area contributed by atoms with E-state index in [4.69, 9.17) is 5.73 Å². The third-order valence-electron chi connectivity index (χ3n) is 3.43. The molecule has 0 aliphatic rings. The molecule has 1 heterocycles. The molecule has 0 aliphatic carbocycles. The molecule has 0 aliphatic heterocycles. The third kappa shape index (κ3) is 2.37. The molecule has 0 atom stereocenters. The van der Waals surface area contributed by atoms with Crippen molar-refractivity contribution >= 4 is 26.8 Å². The molecule has 102 valence electrons. The van der Waals surface area contributed by atoms with Gasteiger partial charge in [0.2, 0.25) is 0 Å². The fourth-order valence-electron chi connectivity index (χ4n) is 2.39. The van der Waals surface area contributed by atoms with Gasteiger partial charge in [-0.15, -0.1) is 0 Å². The van der Waals surface area contributed by atoms with Gasteiger partial charge in [-0.3, -0.25) is 0 Å². The fraction of sp³-hybridized carbons (Fsp3) is 0.125. The highest BCUT2D eigenvalue weighted by Gasteiger charge is 2.09. The highest BCUT2D eigenvalue weighted by atomic mass is 79.9. The number of aromatic nitrogens is 1. The van der Waals surface area contributed by atoms with Gasteiger partial charge in [-0.05, 0) is 39.7 Å². The molecule has 3 aromatic rings. The second-order valence-corrected chi connectivity index (χ2v) is 5.61. The quantitative estimate of drug-likeness (QED) is 0.770. The molecular weight excluding hydrogens is 319 g/mol. The maximum atomic E-state index is 13.9. The van der Waals surface area contributed by atoms with Crippen molar-refractivity contribution in [3.05, 3.63) is 70.1 Å². The van der Waals surface area contributed by atoms with E-state index >= 15 is 0 Å². The summed E-state index contributed by atoms with van der Waals surface area (Å²) in [6.45, 7) is 0.912. The third-order valence-corrected chi connectivity index (χ3v) is 4.06. The molecule has 0 bridgehead atoms. The Bertz CT molecular complexity index is 764. The lowest BCUT2D eigenvalue weighted by atomic mass is 10.1. The van der Waals surface area contributed by atoms with Crippen molar-refractivity contribution in [2.75, 3.05) is 0 Å². The van der Waals surface area contributed by atoms with Crippen LogP contribution in [0.2, 0.25) is 0 Å². The topological polar surface area (TPSA) is 30.9 Å². The van der Waals surface area contributed by atoms with Crippen LogP contribution in [-0.4, -0.2) is 4.57 Å². The molecule has 0 unspecified atom stereocenters. The molecule has 2 N–H and O–H groups in total. The lowest BCUT2D eigenvalue weighted by molar-refractivity contribution is 0.601. The zero-order valence-electron chi connectivity index (χ0n) is 10.8. The van der Waals surface area contributed by atoms with Gasteiger partial charge in [0, 0.05) is 33.7 Å². The van der Waals surface area contributed by atoms with Gasteiger partial charge >= 0.3 is 0 Å². The van der Waals surface area contributed by atoms with E-state index in [1.165, 1.54) is 6.07 Å². The monoisotopic (exact) mass is 332 g/mol. The molecule has 0 amide bonds. The first-order valence-corrected chi connectivity index (χ1v) is 7.19. The molecule has 2 nitrogen and oxygen atoms in total.